The lowest BCUT2D eigenvalue weighted by Gasteiger charge is -2.24. The number of hydrogen-bond donors (Lipinski definition) is 3. The maximum absolute atomic E-state index is 9.71. The first-order chi connectivity index (χ1) is 14.4. The predicted molar refractivity (Wildman–Crippen MR) is 106 cm³/mol. The SMILES string of the molecule is CC1(C)OC2[C@@H](CO)O[C@@H](n3cnc4c(NCc5ccc(O)cc5)ncnc43)[C@H]2O1. The summed E-state index contributed by atoms with van der Waals surface area (Å²) in [6.45, 7) is 4.03. The van der Waals surface area contributed by atoms with Crippen molar-refractivity contribution in [2.24, 2.45) is 0 Å². The van der Waals surface area contributed by atoms with E-state index in [0.29, 0.717) is 23.5 Å². The molecule has 1 unspecified atom stereocenters. The van der Waals surface area contributed by atoms with E-state index < -0.39 is 24.2 Å². The first kappa shape index (κ1) is 19.2. The largest absolute Gasteiger partial charge is 0.508 e. The number of aromatic hydroxyl groups is 1. The number of anilines is 1. The molecule has 2 fully saturated rings. The van der Waals surface area contributed by atoms with Crippen molar-refractivity contribution in [3.8, 4) is 5.75 Å². The van der Waals surface area contributed by atoms with Crippen LogP contribution in [0.25, 0.3) is 11.2 Å². The summed E-state index contributed by atoms with van der Waals surface area (Å²) in [6.07, 6.45) is 1.32. The highest BCUT2D eigenvalue weighted by Gasteiger charge is 2.55. The second kappa shape index (κ2) is 7.17. The maximum atomic E-state index is 9.71. The Balaban J connectivity index is 1.42. The van der Waals surface area contributed by atoms with Crippen molar-refractivity contribution in [2.75, 3.05) is 11.9 Å². The van der Waals surface area contributed by atoms with Crippen LogP contribution in [0.1, 0.15) is 25.6 Å². The second-order valence-corrected chi connectivity index (χ2v) is 7.88. The lowest BCUT2D eigenvalue weighted by atomic mass is 10.1. The Kier molecular flexibility index (Phi) is 4.58. The fraction of sp³-hybridized carbons (Fsp3) is 0.450. The van der Waals surface area contributed by atoms with Gasteiger partial charge in [-0.15, -0.1) is 0 Å². The van der Waals surface area contributed by atoms with Crippen LogP contribution in [0.15, 0.2) is 36.9 Å². The number of nitrogens with zero attached hydrogens (tertiary/aromatic N) is 4. The standard InChI is InChI=1S/C20H23N5O5/c1-20(2)29-15-13(8-26)28-19(16(15)30-20)25-10-24-14-17(22-9-23-18(14)25)21-7-11-3-5-12(27)6-4-11/h3-6,9-10,13,15-16,19,26-27H,7-8H2,1-2H3,(H,21,22,23)/t13-,15?,16+,19-/m1/s1. The molecule has 4 heterocycles. The van der Waals surface area contributed by atoms with Crippen molar-refractivity contribution >= 4 is 17.0 Å². The third kappa shape index (κ3) is 3.27. The number of phenols is 1. The first-order valence-electron chi connectivity index (χ1n) is 9.76. The molecule has 30 heavy (non-hydrogen) atoms. The van der Waals surface area contributed by atoms with Crippen molar-refractivity contribution in [1.82, 2.24) is 19.5 Å². The summed E-state index contributed by atoms with van der Waals surface area (Å²) < 4.78 is 19.8. The molecule has 158 valence electrons. The summed E-state index contributed by atoms with van der Waals surface area (Å²) >= 11 is 0. The van der Waals surface area contributed by atoms with Gasteiger partial charge in [-0.25, -0.2) is 15.0 Å². The highest BCUT2D eigenvalue weighted by atomic mass is 16.8. The summed E-state index contributed by atoms with van der Waals surface area (Å²) in [5.74, 6) is 0.0516. The number of phenolic OH excluding ortho intramolecular Hbond substituents is 1. The van der Waals surface area contributed by atoms with Crippen LogP contribution >= 0.6 is 0 Å². The number of aliphatic hydroxyl groups is 1. The van der Waals surface area contributed by atoms with Gasteiger partial charge < -0.3 is 29.7 Å². The number of fused-ring (bicyclic) bond motifs is 2. The Labute approximate surface area is 172 Å². The second-order valence-electron chi connectivity index (χ2n) is 7.88. The molecule has 10 heteroatoms. The zero-order valence-corrected chi connectivity index (χ0v) is 16.6. The van der Waals surface area contributed by atoms with E-state index in [1.165, 1.54) is 6.33 Å². The van der Waals surface area contributed by atoms with E-state index in [2.05, 4.69) is 20.3 Å². The highest BCUT2D eigenvalue weighted by molar-refractivity contribution is 5.82. The van der Waals surface area contributed by atoms with Gasteiger partial charge in [0.2, 0.25) is 0 Å². The van der Waals surface area contributed by atoms with Crippen LogP contribution in [0.2, 0.25) is 0 Å². The molecule has 0 amide bonds. The molecule has 0 spiro atoms. The monoisotopic (exact) mass is 413 g/mol. The summed E-state index contributed by atoms with van der Waals surface area (Å²) in [7, 11) is 0. The lowest BCUT2D eigenvalue weighted by molar-refractivity contribution is -0.199. The fourth-order valence-corrected chi connectivity index (χ4v) is 4.00. The van der Waals surface area contributed by atoms with Gasteiger partial charge in [0, 0.05) is 6.54 Å². The first-order valence-corrected chi connectivity index (χ1v) is 9.76. The number of imidazole rings is 1. The van der Waals surface area contributed by atoms with Gasteiger partial charge in [-0.3, -0.25) is 4.57 Å². The third-order valence-corrected chi connectivity index (χ3v) is 5.33. The summed E-state index contributed by atoms with van der Waals surface area (Å²) in [4.78, 5) is 13.2. The number of aromatic nitrogens is 4. The van der Waals surface area contributed by atoms with E-state index in [1.807, 2.05) is 26.0 Å². The molecule has 0 aliphatic carbocycles. The smallest absolute Gasteiger partial charge is 0.167 e. The molecular formula is C20H23N5O5. The van der Waals surface area contributed by atoms with Gasteiger partial charge in [0.25, 0.3) is 0 Å². The minimum Gasteiger partial charge on any atom is -0.508 e. The molecule has 2 aliphatic rings. The number of ether oxygens (including phenoxy) is 3. The minimum atomic E-state index is -0.757. The van der Waals surface area contributed by atoms with Gasteiger partial charge in [0.15, 0.2) is 29.0 Å². The predicted octanol–water partition coefficient (Wildman–Crippen LogP) is 1.55. The number of hydrogen-bond acceptors (Lipinski definition) is 9. The van der Waals surface area contributed by atoms with Gasteiger partial charge in [-0.2, -0.15) is 0 Å². The average molecular weight is 413 g/mol. The zero-order chi connectivity index (χ0) is 20.9. The van der Waals surface area contributed by atoms with Crippen molar-refractivity contribution in [3.05, 3.63) is 42.5 Å². The van der Waals surface area contributed by atoms with E-state index >= 15 is 0 Å². The van der Waals surface area contributed by atoms with Gasteiger partial charge in [-0.1, -0.05) is 12.1 Å². The van der Waals surface area contributed by atoms with Crippen LogP contribution in [0, 0.1) is 0 Å². The molecule has 3 aromatic rings. The van der Waals surface area contributed by atoms with Gasteiger partial charge in [0.1, 0.15) is 30.4 Å². The van der Waals surface area contributed by atoms with Crippen LogP contribution in [-0.2, 0) is 20.8 Å². The molecule has 2 aliphatic heterocycles. The Bertz CT molecular complexity index is 1050. The maximum Gasteiger partial charge on any atom is 0.167 e. The van der Waals surface area contributed by atoms with Gasteiger partial charge >= 0.3 is 0 Å². The molecule has 10 nitrogen and oxygen atoms in total. The normalized spacial score (nSPS) is 27.4. The van der Waals surface area contributed by atoms with E-state index in [1.54, 1.807) is 23.0 Å². The quantitative estimate of drug-likeness (QED) is 0.571. The van der Waals surface area contributed by atoms with Crippen LogP contribution in [-0.4, -0.2) is 60.4 Å². The van der Waals surface area contributed by atoms with Crippen molar-refractivity contribution in [1.29, 1.82) is 0 Å². The molecule has 0 saturated carbocycles. The third-order valence-electron chi connectivity index (χ3n) is 5.33. The van der Waals surface area contributed by atoms with Crippen LogP contribution in [0.5, 0.6) is 5.75 Å². The van der Waals surface area contributed by atoms with Gasteiger partial charge in [0.05, 0.1) is 12.9 Å². The molecule has 5 rings (SSSR count). The molecule has 2 aromatic heterocycles. The summed E-state index contributed by atoms with van der Waals surface area (Å²) in [5, 5.41) is 22.4. The Morgan fingerprint density at radius 3 is 2.63 bits per heavy atom. The Hall–Kier alpha value is -2.79. The zero-order valence-electron chi connectivity index (χ0n) is 16.6. The van der Waals surface area contributed by atoms with E-state index in [4.69, 9.17) is 14.2 Å². The van der Waals surface area contributed by atoms with Crippen LogP contribution in [0.3, 0.4) is 0 Å². The van der Waals surface area contributed by atoms with Crippen molar-refractivity contribution < 1.29 is 24.4 Å². The molecule has 1 aromatic carbocycles. The van der Waals surface area contributed by atoms with Gasteiger partial charge in [-0.05, 0) is 31.5 Å². The lowest BCUT2D eigenvalue weighted by Crippen LogP contribution is -2.31. The number of nitrogens with one attached hydrogen (secondary N) is 1. The number of benzene rings is 1. The Morgan fingerprint density at radius 1 is 1.10 bits per heavy atom. The molecule has 2 saturated heterocycles. The van der Waals surface area contributed by atoms with Crippen LogP contribution in [0.4, 0.5) is 5.82 Å². The summed E-state index contributed by atoms with van der Waals surface area (Å²) in [5.41, 5.74) is 2.18. The molecular weight excluding hydrogens is 390 g/mol. The number of rotatable bonds is 5. The molecule has 3 N–H and O–H groups in total. The fourth-order valence-electron chi connectivity index (χ4n) is 4.00. The summed E-state index contributed by atoms with van der Waals surface area (Å²) in [6, 6.07) is 6.94. The average Bonchev–Trinajstić information content (AvgIpc) is 3.38. The van der Waals surface area contributed by atoms with E-state index in [0.717, 1.165) is 5.56 Å². The molecule has 4 atom stereocenters. The van der Waals surface area contributed by atoms with E-state index in [-0.39, 0.29) is 18.5 Å². The highest BCUT2D eigenvalue weighted by Crippen LogP contribution is 2.43. The van der Waals surface area contributed by atoms with Crippen molar-refractivity contribution in [2.45, 2.75) is 50.7 Å². The minimum absolute atomic E-state index is 0.168. The molecule has 0 bridgehead atoms. The van der Waals surface area contributed by atoms with Crippen molar-refractivity contribution in [3.63, 3.8) is 0 Å². The Morgan fingerprint density at radius 2 is 1.87 bits per heavy atom. The van der Waals surface area contributed by atoms with E-state index in [9.17, 15) is 10.2 Å². The molecule has 0 radical (unpaired) electrons. The van der Waals surface area contributed by atoms with Crippen LogP contribution < -0.4 is 5.32 Å². The number of aliphatic hydroxyl groups excluding tert-OH is 1. The topological polar surface area (TPSA) is 124 Å².